The van der Waals surface area contributed by atoms with Gasteiger partial charge in [-0.15, -0.1) is 0 Å². The van der Waals surface area contributed by atoms with Crippen LogP contribution < -0.4 is 14.8 Å². The fourth-order valence-electron chi connectivity index (χ4n) is 4.70. The molecular formula is C33H28IN3O3. The number of benzene rings is 4. The summed E-state index contributed by atoms with van der Waals surface area (Å²) in [6.07, 6.45) is 4.20. The van der Waals surface area contributed by atoms with Crippen LogP contribution in [-0.4, -0.2) is 24.0 Å². The van der Waals surface area contributed by atoms with Crippen molar-refractivity contribution in [1.82, 2.24) is 10.3 Å². The monoisotopic (exact) mass is 641 g/mol. The Kier molecular flexibility index (Phi) is 8.67. The second kappa shape index (κ2) is 12.7. The Balaban J connectivity index is 1.30. The molecule has 0 aliphatic heterocycles. The molecule has 0 bridgehead atoms. The normalized spacial score (nSPS) is 11.4. The van der Waals surface area contributed by atoms with Gasteiger partial charge in [-0.3, -0.25) is 4.79 Å². The SMILES string of the molecule is CCOc1cc(/C=C(/C#N)C(=O)NCCc2c[nH]c3ccccc23)cc(I)c1OCc1cccc2ccccc12. The quantitative estimate of drug-likeness (QED) is 0.0962. The Morgan fingerprint density at radius 1 is 1.00 bits per heavy atom. The lowest BCUT2D eigenvalue weighted by Gasteiger charge is -2.16. The van der Waals surface area contributed by atoms with E-state index in [1.54, 1.807) is 12.1 Å². The molecule has 7 heteroatoms. The highest BCUT2D eigenvalue weighted by atomic mass is 127. The maximum absolute atomic E-state index is 12.8. The topological polar surface area (TPSA) is 87.1 Å². The molecule has 40 heavy (non-hydrogen) atoms. The van der Waals surface area contributed by atoms with Crippen LogP contribution in [0.5, 0.6) is 11.5 Å². The molecule has 0 aliphatic rings. The van der Waals surface area contributed by atoms with Crippen LogP contribution in [0.25, 0.3) is 27.8 Å². The van der Waals surface area contributed by atoms with Crippen LogP contribution in [0.15, 0.2) is 90.6 Å². The second-order valence-electron chi connectivity index (χ2n) is 9.23. The molecule has 0 saturated heterocycles. The Bertz CT molecular complexity index is 1740. The number of hydrogen-bond donors (Lipinski definition) is 2. The molecule has 1 heterocycles. The largest absolute Gasteiger partial charge is 0.490 e. The van der Waals surface area contributed by atoms with Crippen LogP contribution in [0, 0.1) is 14.9 Å². The van der Waals surface area contributed by atoms with E-state index in [0.29, 0.717) is 43.2 Å². The maximum Gasteiger partial charge on any atom is 0.261 e. The third kappa shape index (κ3) is 6.13. The maximum atomic E-state index is 12.8. The van der Waals surface area contributed by atoms with E-state index in [2.05, 4.69) is 63.2 Å². The molecule has 6 nitrogen and oxygen atoms in total. The molecule has 0 radical (unpaired) electrons. The number of rotatable bonds is 10. The molecule has 2 N–H and O–H groups in total. The number of amides is 1. The van der Waals surface area contributed by atoms with Gasteiger partial charge in [-0.25, -0.2) is 0 Å². The number of hydrogen-bond acceptors (Lipinski definition) is 4. The summed E-state index contributed by atoms with van der Waals surface area (Å²) in [6.45, 7) is 3.16. The van der Waals surface area contributed by atoms with Crippen LogP contribution in [0.4, 0.5) is 0 Å². The van der Waals surface area contributed by atoms with Gasteiger partial charge in [0.05, 0.1) is 10.2 Å². The third-order valence-electron chi connectivity index (χ3n) is 6.61. The van der Waals surface area contributed by atoms with Crippen LogP contribution in [0.2, 0.25) is 0 Å². The summed E-state index contributed by atoms with van der Waals surface area (Å²) >= 11 is 2.20. The second-order valence-corrected chi connectivity index (χ2v) is 10.4. The summed E-state index contributed by atoms with van der Waals surface area (Å²) in [5, 5.41) is 16.0. The minimum Gasteiger partial charge on any atom is -0.490 e. The van der Waals surface area contributed by atoms with E-state index >= 15 is 0 Å². The average molecular weight is 642 g/mol. The lowest BCUT2D eigenvalue weighted by Crippen LogP contribution is -2.26. The standard InChI is InChI=1S/C33H28IN3O3/c1-2-39-31-18-22(17-29(34)32(31)40-21-25-10-7-9-23-8-3-4-11-27(23)25)16-26(19-35)33(38)36-15-14-24-20-37-30-13-6-5-12-28(24)30/h3-13,16-18,20,37H,2,14-15,21H2,1H3,(H,36,38)/b26-16-. The first-order valence-electron chi connectivity index (χ1n) is 13.1. The number of carbonyl (C=O) groups is 1. The average Bonchev–Trinajstić information content (AvgIpc) is 3.38. The number of halogens is 1. The van der Waals surface area contributed by atoms with Crippen molar-refractivity contribution in [2.24, 2.45) is 0 Å². The van der Waals surface area contributed by atoms with Crippen molar-refractivity contribution in [3.8, 4) is 17.6 Å². The van der Waals surface area contributed by atoms with Gasteiger partial charge in [0.1, 0.15) is 18.2 Å². The number of ether oxygens (including phenoxy) is 2. The van der Waals surface area contributed by atoms with Crippen LogP contribution in [0.1, 0.15) is 23.6 Å². The first kappa shape index (κ1) is 27.3. The molecule has 0 spiro atoms. The summed E-state index contributed by atoms with van der Waals surface area (Å²) in [7, 11) is 0. The lowest BCUT2D eigenvalue weighted by molar-refractivity contribution is -0.117. The number of nitrogens with zero attached hydrogens (tertiary/aromatic N) is 1. The molecule has 0 unspecified atom stereocenters. The molecule has 4 aromatic carbocycles. The van der Waals surface area contributed by atoms with Gasteiger partial charge in [-0.2, -0.15) is 5.26 Å². The summed E-state index contributed by atoms with van der Waals surface area (Å²) in [6, 6.07) is 28.2. The number of carbonyl (C=O) groups excluding carboxylic acids is 1. The Morgan fingerprint density at radius 3 is 2.60 bits per heavy atom. The fourth-order valence-corrected chi connectivity index (χ4v) is 5.48. The Hall–Kier alpha value is -4.29. The molecule has 1 aromatic heterocycles. The van der Waals surface area contributed by atoms with Gasteiger partial charge in [0, 0.05) is 23.6 Å². The molecule has 5 rings (SSSR count). The zero-order chi connectivity index (χ0) is 27.9. The zero-order valence-corrected chi connectivity index (χ0v) is 24.2. The van der Waals surface area contributed by atoms with E-state index in [9.17, 15) is 10.1 Å². The van der Waals surface area contributed by atoms with Gasteiger partial charge in [0.15, 0.2) is 11.5 Å². The first-order valence-corrected chi connectivity index (χ1v) is 14.2. The van der Waals surface area contributed by atoms with Gasteiger partial charge in [0.25, 0.3) is 5.91 Å². The van der Waals surface area contributed by atoms with E-state index in [-0.39, 0.29) is 5.57 Å². The highest BCUT2D eigenvalue weighted by molar-refractivity contribution is 14.1. The van der Waals surface area contributed by atoms with E-state index in [0.717, 1.165) is 36.4 Å². The molecule has 1 amide bonds. The zero-order valence-electron chi connectivity index (χ0n) is 22.0. The Labute approximate surface area is 246 Å². The smallest absolute Gasteiger partial charge is 0.261 e. The number of nitriles is 1. The highest BCUT2D eigenvalue weighted by Crippen LogP contribution is 2.36. The minimum absolute atomic E-state index is 0.0293. The number of aromatic nitrogens is 1. The summed E-state index contributed by atoms with van der Waals surface area (Å²) in [4.78, 5) is 16.1. The van der Waals surface area contributed by atoms with Crippen LogP contribution >= 0.6 is 22.6 Å². The van der Waals surface area contributed by atoms with Gasteiger partial charge < -0.3 is 19.8 Å². The van der Waals surface area contributed by atoms with Crippen molar-refractivity contribution in [3.63, 3.8) is 0 Å². The molecule has 200 valence electrons. The molecule has 0 atom stereocenters. The van der Waals surface area contributed by atoms with Crippen LogP contribution in [0.3, 0.4) is 0 Å². The first-order chi connectivity index (χ1) is 19.6. The third-order valence-corrected chi connectivity index (χ3v) is 7.42. The number of para-hydroxylation sites is 1. The Morgan fingerprint density at radius 2 is 1.77 bits per heavy atom. The van der Waals surface area contributed by atoms with Crippen molar-refractivity contribution >= 4 is 56.2 Å². The minimum atomic E-state index is -0.411. The number of fused-ring (bicyclic) bond motifs is 2. The molecule has 0 fully saturated rings. The van der Waals surface area contributed by atoms with Crippen molar-refractivity contribution in [1.29, 1.82) is 5.26 Å². The van der Waals surface area contributed by atoms with Gasteiger partial charge >= 0.3 is 0 Å². The predicted molar refractivity (Wildman–Crippen MR) is 167 cm³/mol. The van der Waals surface area contributed by atoms with Crippen molar-refractivity contribution in [3.05, 3.63) is 111 Å². The summed E-state index contributed by atoms with van der Waals surface area (Å²) in [5.41, 5.74) is 3.98. The molecule has 5 aromatic rings. The van der Waals surface area contributed by atoms with Gasteiger partial charge in [-0.05, 0) is 87.7 Å². The highest BCUT2D eigenvalue weighted by Gasteiger charge is 2.15. The number of nitrogens with one attached hydrogen (secondary N) is 2. The fraction of sp³-hybridized carbons (Fsp3) is 0.152. The van der Waals surface area contributed by atoms with E-state index in [4.69, 9.17) is 9.47 Å². The molecular weight excluding hydrogens is 613 g/mol. The predicted octanol–water partition coefficient (Wildman–Crippen LogP) is 7.17. The lowest BCUT2D eigenvalue weighted by atomic mass is 10.1. The van der Waals surface area contributed by atoms with E-state index in [1.165, 1.54) is 0 Å². The molecule has 0 saturated carbocycles. The number of aromatic amines is 1. The summed E-state index contributed by atoms with van der Waals surface area (Å²) in [5.74, 6) is 0.790. The summed E-state index contributed by atoms with van der Waals surface area (Å²) < 4.78 is 13.0. The molecule has 0 aliphatic carbocycles. The van der Waals surface area contributed by atoms with Crippen molar-refractivity contribution in [2.45, 2.75) is 20.0 Å². The van der Waals surface area contributed by atoms with Crippen molar-refractivity contribution in [2.75, 3.05) is 13.2 Å². The number of H-pyrrole nitrogens is 1. The van der Waals surface area contributed by atoms with Gasteiger partial charge in [0.2, 0.25) is 0 Å². The van der Waals surface area contributed by atoms with Gasteiger partial charge in [-0.1, -0.05) is 60.7 Å². The van der Waals surface area contributed by atoms with Crippen LogP contribution in [-0.2, 0) is 17.8 Å². The van der Waals surface area contributed by atoms with E-state index in [1.807, 2.05) is 61.7 Å². The van der Waals surface area contributed by atoms with E-state index < -0.39 is 5.91 Å². The van der Waals surface area contributed by atoms with Crippen molar-refractivity contribution < 1.29 is 14.3 Å².